The zero-order chi connectivity index (χ0) is 24.4. The van der Waals surface area contributed by atoms with E-state index in [9.17, 15) is 0 Å². The number of thiophene rings is 2. The summed E-state index contributed by atoms with van der Waals surface area (Å²) >= 11 is 3.27. The molecule has 5 rings (SSSR count). The Morgan fingerprint density at radius 3 is 1.76 bits per heavy atom. The summed E-state index contributed by atoms with van der Waals surface area (Å²) in [7, 11) is 0. The SMILES string of the molecule is CC1(C)c2cc3c(cc2-c2sc(C=C(C#N)C#N)cc21)C(C)(C)c1sc(C=C(C#N)C#N)cc1-3. The molecule has 34 heavy (non-hydrogen) atoms. The molecular formula is C28H18N4S2. The number of hydrogen-bond donors (Lipinski definition) is 0. The van der Waals surface area contributed by atoms with Gasteiger partial charge < -0.3 is 0 Å². The number of nitriles is 4. The molecule has 0 spiro atoms. The van der Waals surface area contributed by atoms with Gasteiger partial charge in [-0.25, -0.2) is 0 Å². The summed E-state index contributed by atoms with van der Waals surface area (Å²) in [5.74, 6) is 0. The summed E-state index contributed by atoms with van der Waals surface area (Å²) in [4.78, 5) is 4.28. The normalized spacial score (nSPS) is 14.8. The highest BCUT2D eigenvalue weighted by Crippen LogP contribution is 2.59. The van der Waals surface area contributed by atoms with Gasteiger partial charge in [-0.05, 0) is 69.8 Å². The van der Waals surface area contributed by atoms with E-state index in [0.717, 1.165) is 9.75 Å². The van der Waals surface area contributed by atoms with Gasteiger partial charge in [0.1, 0.15) is 35.4 Å². The van der Waals surface area contributed by atoms with E-state index in [-0.39, 0.29) is 22.0 Å². The van der Waals surface area contributed by atoms with Crippen molar-refractivity contribution < 1.29 is 0 Å². The topological polar surface area (TPSA) is 95.2 Å². The monoisotopic (exact) mass is 474 g/mol. The molecule has 2 aromatic heterocycles. The van der Waals surface area contributed by atoms with E-state index in [1.807, 2.05) is 24.3 Å². The lowest BCUT2D eigenvalue weighted by Gasteiger charge is -2.24. The average Bonchev–Trinajstić information content (AvgIpc) is 3.52. The molecule has 1 aromatic carbocycles. The van der Waals surface area contributed by atoms with Gasteiger partial charge in [0.05, 0.1) is 0 Å². The van der Waals surface area contributed by atoms with Crippen molar-refractivity contribution in [2.75, 3.05) is 0 Å². The standard InChI is InChI=1S/C28H18N4S2/c1-27(2)23-9-19-20-7-17(5-15(11-29)12-30)34-26(20)28(3,4)22(19)10-21(23)25-24(27)8-18(33-25)6-16(13-31)14-32/h5-10H,1-4H3. The van der Waals surface area contributed by atoms with E-state index in [1.54, 1.807) is 34.8 Å². The van der Waals surface area contributed by atoms with Crippen LogP contribution in [0.3, 0.4) is 0 Å². The number of rotatable bonds is 2. The van der Waals surface area contributed by atoms with Crippen LogP contribution in [0.25, 0.3) is 33.7 Å². The lowest BCUT2D eigenvalue weighted by molar-refractivity contribution is 0.657. The lowest BCUT2D eigenvalue weighted by Crippen LogP contribution is -2.16. The van der Waals surface area contributed by atoms with Crippen LogP contribution in [0, 0.1) is 45.3 Å². The summed E-state index contributed by atoms with van der Waals surface area (Å²) < 4.78 is 0. The number of hydrogen-bond acceptors (Lipinski definition) is 6. The first-order chi connectivity index (χ1) is 16.1. The van der Waals surface area contributed by atoms with Crippen molar-refractivity contribution >= 4 is 34.8 Å². The highest BCUT2D eigenvalue weighted by molar-refractivity contribution is 7.16. The Hall–Kier alpha value is -3.94. The molecule has 0 unspecified atom stereocenters. The number of nitrogens with zero attached hydrogens (tertiary/aromatic N) is 4. The van der Waals surface area contributed by atoms with E-state index >= 15 is 0 Å². The van der Waals surface area contributed by atoms with E-state index < -0.39 is 0 Å². The molecule has 0 atom stereocenters. The fraction of sp³-hybridized carbons (Fsp3) is 0.214. The maximum Gasteiger partial charge on any atom is 0.131 e. The van der Waals surface area contributed by atoms with Crippen LogP contribution in [0.5, 0.6) is 0 Å². The average molecular weight is 475 g/mol. The maximum absolute atomic E-state index is 9.15. The summed E-state index contributed by atoms with van der Waals surface area (Å²) in [6.45, 7) is 8.88. The van der Waals surface area contributed by atoms with Gasteiger partial charge in [-0.15, -0.1) is 22.7 Å². The minimum atomic E-state index is -0.206. The van der Waals surface area contributed by atoms with E-state index in [0.29, 0.717) is 0 Å². The molecule has 162 valence electrons. The summed E-state index contributed by atoms with van der Waals surface area (Å²) in [5.41, 5.74) is 7.19. The van der Waals surface area contributed by atoms with Crippen molar-refractivity contribution in [3.05, 3.63) is 66.7 Å². The molecule has 4 nitrogen and oxygen atoms in total. The van der Waals surface area contributed by atoms with Crippen LogP contribution in [0.2, 0.25) is 0 Å². The Kier molecular flexibility index (Phi) is 4.69. The molecular weight excluding hydrogens is 456 g/mol. The van der Waals surface area contributed by atoms with Crippen molar-refractivity contribution in [1.82, 2.24) is 0 Å². The first-order valence-corrected chi connectivity index (χ1v) is 12.3. The van der Waals surface area contributed by atoms with Crippen molar-refractivity contribution in [2.45, 2.75) is 38.5 Å². The quantitative estimate of drug-likeness (QED) is 0.364. The summed E-state index contributed by atoms with van der Waals surface area (Å²) in [6, 6.07) is 16.6. The molecule has 0 aliphatic heterocycles. The van der Waals surface area contributed by atoms with Crippen LogP contribution < -0.4 is 0 Å². The number of benzene rings is 1. The molecule has 2 heterocycles. The molecule has 2 aliphatic rings. The number of allylic oxidation sites excluding steroid dienone is 2. The number of fused-ring (bicyclic) bond motifs is 6. The van der Waals surface area contributed by atoms with Crippen molar-refractivity contribution in [3.8, 4) is 45.8 Å². The minimum Gasteiger partial charge on any atom is -0.192 e. The predicted octanol–water partition coefficient (Wildman–Crippen LogP) is 7.28. The highest BCUT2D eigenvalue weighted by Gasteiger charge is 2.43. The zero-order valence-electron chi connectivity index (χ0n) is 19.1. The largest absolute Gasteiger partial charge is 0.192 e. The highest BCUT2D eigenvalue weighted by atomic mass is 32.1. The van der Waals surface area contributed by atoms with Gasteiger partial charge >= 0.3 is 0 Å². The second-order valence-electron chi connectivity index (χ2n) is 9.54. The van der Waals surface area contributed by atoms with Crippen LogP contribution in [0.4, 0.5) is 0 Å². The molecule has 0 N–H and O–H groups in total. The Morgan fingerprint density at radius 1 is 0.647 bits per heavy atom. The zero-order valence-corrected chi connectivity index (χ0v) is 20.7. The molecule has 0 amide bonds. The van der Waals surface area contributed by atoms with Crippen molar-refractivity contribution in [2.24, 2.45) is 0 Å². The Morgan fingerprint density at radius 2 is 1.18 bits per heavy atom. The molecule has 0 bridgehead atoms. The van der Waals surface area contributed by atoms with Gasteiger partial charge in [0.2, 0.25) is 0 Å². The van der Waals surface area contributed by atoms with Gasteiger partial charge in [0, 0.05) is 30.3 Å². The molecule has 0 saturated carbocycles. The fourth-order valence-electron chi connectivity index (χ4n) is 5.07. The predicted molar refractivity (Wildman–Crippen MR) is 136 cm³/mol. The second kappa shape index (κ2) is 7.28. The van der Waals surface area contributed by atoms with Crippen LogP contribution in [0.1, 0.15) is 59.0 Å². The van der Waals surface area contributed by atoms with Gasteiger partial charge in [0.15, 0.2) is 0 Å². The van der Waals surface area contributed by atoms with E-state index in [1.165, 1.54) is 43.1 Å². The first-order valence-electron chi connectivity index (χ1n) is 10.7. The molecule has 0 fully saturated rings. The van der Waals surface area contributed by atoms with Gasteiger partial charge in [0.25, 0.3) is 0 Å². The van der Waals surface area contributed by atoms with Crippen molar-refractivity contribution in [3.63, 3.8) is 0 Å². The Bertz CT molecular complexity index is 1490. The minimum absolute atomic E-state index is 0.110. The third-order valence-electron chi connectivity index (χ3n) is 6.84. The fourth-order valence-corrected chi connectivity index (χ4v) is 7.59. The molecule has 6 heteroatoms. The molecule has 0 radical (unpaired) electrons. The molecule has 2 aliphatic carbocycles. The van der Waals surface area contributed by atoms with Crippen LogP contribution >= 0.6 is 22.7 Å². The van der Waals surface area contributed by atoms with Crippen molar-refractivity contribution in [1.29, 1.82) is 21.0 Å². The van der Waals surface area contributed by atoms with Crippen LogP contribution in [-0.2, 0) is 10.8 Å². The summed E-state index contributed by atoms with van der Waals surface area (Å²) in [5, 5.41) is 36.6. The smallest absolute Gasteiger partial charge is 0.131 e. The second-order valence-corrected chi connectivity index (χ2v) is 11.7. The maximum atomic E-state index is 9.15. The van der Waals surface area contributed by atoms with E-state index in [4.69, 9.17) is 21.0 Å². The third kappa shape index (κ3) is 2.91. The van der Waals surface area contributed by atoms with Gasteiger partial charge in [-0.2, -0.15) is 21.0 Å². The molecule has 0 saturated heterocycles. The Balaban J connectivity index is 1.69. The lowest BCUT2D eigenvalue weighted by atomic mass is 9.80. The van der Waals surface area contributed by atoms with Gasteiger partial charge in [-0.3, -0.25) is 0 Å². The third-order valence-corrected chi connectivity index (χ3v) is 9.36. The van der Waals surface area contributed by atoms with E-state index in [2.05, 4.69) is 52.0 Å². The van der Waals surface area contributed by atoms with Crippen LogP contribution in [0.15, 0.2) is 35.4 Å². The first kappa shape index (κ1) is 21.9. The Labute approximate surface area is 206 Å². The summed E-state index contributed by atoms with van der Waals surface area (Å²) in [6.07, 6.45) is 3.33. The van der Waals surface area contributed by atoms with Gasteiger partial charge in [-0.1, -0.05) is 27.7 Å². The van der Waals surface area contributed by atoms with Crippen LogP contribution in [-0.4, -0.2) is 0 Å². The molecule has 3 aromatic rings.